The van der Waals surface area contributed by atoms with Gasteiger partial charge in [-0.3, -0.25) is 4.68 Å². The lowest BCUT2D eigenvalue weighted by Gasteiger charge is -2.04. The summed E-state index contributed by atoms with van der Waals surface area (Å²) in [5, 5.41) is 7.50. The molecule has 3 N–H and O–H groups in total. The van der Waals surface area contributed by atoms with E-state index in [1.54, 1.807) is 10.9 Å². The molecule has 9 heteroatoms. The Kier molecular flexibility index (Phi) is 3.26. The molecule has 0 spiro atoms. The van der Waals surface area contributed by atoms with Crippen molar-refractivity contribution in [1.82, 2.24) is 14.2 Å². The first-order chi connectivity index (χ1) is 8.38. The number of rotatable bonds is 4. The van der Waals surface area contributed by atoms with Crippen molar-refractivity contribution in [3.8, 4) is 0 Å². The van der Waals surface area contributed by atoms with Crippen LogP contribution in [0.25, 0.3) is 0 Å². The molecule has 0 bridgehead atoms. The van der Waals surface area contributed by atoms with E-state index < -0.39 is 9.84 Å². The standard InChI is InChI=1S/C9H13N5O2S2/c1-14-5-6(4-12-14)3-11-9-7(18(2,15)16)8(10)13-17-9/h4-5,11H,3H2,1-2H3,(H2,10,13). The SMILES string of the molecule is Cn1cc(CNc2snc(N)c2S(C)(=O)=O)cn1. The van der Waals surface area contributed by atoms with Crippen LogP contribution >= 0.6 is 11.5 Å². The van der Waals surface area contributed by atoms with E-state index >= 15 is 0 Å². The third-order valence-corrected chi connectivity index (χ3v) is 4.36. The summed E-state index contributed by atoms with van der Waals surface area (Å²) in [7, 11) is -1.56. The summed E-state index contributed by atoms with van der Waals surface area (Å²) in [5.41, 5.74) is 6.51. The second kappa shape index (κ2) is 4.58. The van der Waals surface area contributed by atoms with E-state index in [0.29, 0.717) is 11.5 Å². The van der Waals surface area contributed by atoms with Crippen LogP contribution in [-0.4, -0.2) is 28.8 Å². The predicted octanol–water partition coefficient (Wildman–Crippen LogP) is 0.474. The van der Waals surface area contributed by atoms with Crippen LogP contribution in [0.3, 0.4) is 0 Å². The average Bonchev–Trinajstić information content (AvgIpc) is 2.81. The van der Waals surface area contributed by atoms with E-state index in [2.05, 4.69) is 14.8 Å². The highest BCUT2D eigenvalue weighted by Crippen LogP contribution is 2.31. The molecule has 0 saturated heterocycles. The highest BCUT2D eigenvalue weighted by atomic mass is 32.2. The minimum absolute atomic E-state index is 0.0381. The van der Waals surface area contributed by atoms with Gasteiger partial charge in [0.25, 0.3) is 0 Å². The van der Waals surface area contributed by atoms with Gasteiger partial charge in [-0.2, -0.15) is 9.47 Å². The molecule has 0 amide bonds. The molecule has 0 radical (unpaired) electrons. The number of aromatic nitrogens is 3. The summed E-state index contributed by atoms with van der Waals surface area (Å²) in [4.78, 5) is 0.0661. The van der Waals surface area contributed by atoms with E-state index in [-0.39, 0.29) is 10.7 Å². The van der Waals surface area contributed by atoms with Gasteiger partial charge in [-0.05, 0) is 11.5 Å². The zero-order valence-corrected chi connectivity index (χ0v) is 11.5. The van der Waals surface area contributed by atoms with Gasteiger partial charge in [0.05, 0.1) is 6.20 Å². The van der Waals surface area contributed by atoms with Crippen molar-refractivity contribution in [3.05, 3.63) is 18.0 Å². The quantitative estimate of drug-likeness (QED) is 0.847. The molecular formula is C9H13N5O2S2. The zero-order chi connectivity index (χ0) is 13.3. The molecule has 0 saturated carbocycles. The molecule has 18 heavy (non-hydrogen) atoms. The zero-order valence-electron chi connectivity index (χ0n) is 9.91. The summed E-state index contributed by atoms with van der Waals surface area (Å²) in [6, 6.07) is 0. The fourth-order valence-electron chi connectivity index (χ4n) is 1.51. The number of nitrogens with two attached hydrogens (primary N) is 1. The Morgan fingerprint density at radius 2 is 2.28 bits per heavy atom. The molecule has 2 heterocycles. The minimum atomic E-state index is -3.38. The van der Waals surface area contributed by atoms with Crippen LogP contribution < -0.4 is 11.1 Å². The Bertz CT molecular complexity index is 658. The normalized spacial score (nSPS) is 11.7. The maximum absolute atomic E-state index is 11.6. The molecule has 0 aliphatic rings. The van der Waals surface area contributed by atoms with Crippen LogP contribution in [0.4, 0.5) is 10.8 Å². The van der Waals surface area contributed by atoms with Crippen LogP contribution in [0, 0.1) is 0 Å². The molecule has 0 aliphatic carbocycles. The topological polar surface area (TPSA) is 103 Å². The first-order valence-corrected chi connectivity index (χ1v) is 7.71. The largest absolute Gasteiger partial charge is 0.382 e. The smallest absolute Gasteiger partial charge is 0.182 e. The van der Waals surface area contributed by atoms with Crippen molar-refractivity contribution in [3.63, 3.8) is 0 Å². The van der Waals surface area contributed by atoms with E-state index in [4.69, 9.17) is 5.73 Å². The van der Waals surface area contributed by atoms with Crippen LogP contribution in [0.1, 0.15) is 5.56 Å². The van der Waals surface area contributed by atoms with Crippen LogP contribution in [0.15, 0.2) is 17.3 Å². The van der Waals surface area contributed by atoms with Crippen molar-refractivity contribution in [2.75, 3.05) is 17.3 Å². The van der Waals surface area contributed by atoms with Crippen LogP contribution in [0.5, 0.6) is 0 Å². The number of sulfone groups is 1. The highest BCUT2D eigenvalue weighted by molar-refractivity contribution is 7.91. The van der Waals surface area contributed by atoms with Crippen LogP contribution in [0.2, 0.25) is 0 Å². The van der Waals surface area contributed by atoms with E-state index in [1.165, 1.54) is 0 Å². The van der Waals surface area contributed by atoms with Gasteiger partial charge in [-0.1, -0.05) is 0 Å². The first-order valence-electron chi connectivity index (χ1n) is 5.04. The molecule has 7 nitrogen and oxygen atoms in total. The van der Waals surface area contributed by atoms with Crippen molar-refractivity contribution in [1.29, 1.82) is 0 Å². The van der Waals surface area contributed by atoms with Gasteiger partial charge in [-0.15, -0.1) is 0 Å². The third kappa shape index (κ3) is 2.62. The van der Waals surface area contributed by atoms with Gasteiger partial charge in [0, 0.05) is 31.6 Å². The third-order valence-electron chi connectivity index (χ3n) is 2.26. The monoisotopic (exact) mass is 287 g/mol. The maximum Gasteiger partial charge on any atom is 0.182 e. The first kappa shape index (κ1) is 12.8. The lowest BCUT2D eigenvalue weighted by atomic mass is 10.3. The Balaban J connectivity index is 2.20. The number of aryl methyl sites for hydroxylation is 1. The minimum Gasteiger partial charge on any atom is -0.382 e. The summed E-state index contributed by atoms with van der Waals surface area (Å²) >= 11 is 1.04. The number of nitrogen functional groups attached to an aromatic ring is 1. The molecular weight excluding hydrogens is 274 g/mol. The molecule has 2 rings (SSSR count). The molecule has 0 aliphatic heterocycles. The Morgan fingerprint density at radius 1 is 1.56 bits per heavy atom. The number of anilines is 2. The Morgan fingerprint density at radius 3 is 2.83 bits per heavy atom. The molecule has 0 atom stereocenters. The number of hydrogen-bond acceptors (Lipinski definition) is 7. The van der Waals surface area contributed by atoms with E-state index in [1.807, 2.05) is 13.2 Å². The Labute approximate surface area is 109 Å². The lowest BCUT2D eigenvalue weighted by molar-refractivity contribution is 0.602. The van der Waals surface area contributed by atoms with Gasteiger partial charge < -0.3 is 11.1 Å². The van der Waals surface area contributed by atoms with Gasteiger partial charge in [0.2, 0.25) is 0 Å². The average molecular weight is 287 g/mol. The molecule has 2 aromatic rings. The second-order valence-electron chi connectivity index (χ2n) is 3.87. The molecule has 2 aromatic heterocycles. The number of hydrogen-bond donors (Lipinski definition) is 2. The van der Waals surface area contributed by atoms with Crippen LogP contribution in [-0.2, 0) is 23.4 Å². The maximum atomic E-state index is 11.6. The summed E-state index contributed by atoms with van der Waals surface area (Å²) < 4.78 is 28.7. The summed E-state index contributed by atoms with van der Waals surface area (Å²) in [6.07, 6.45) is 4.66. The van der Waals surface area contributed by atoms with Crippen molar-refractivity contribution in [2.24, 2.45) is 7.05 Å². The molecule has 0 unspecified atom stereocenters. The van der Waals surface area contributed by atoms with Gasteiger partial charge in [-0.25, -0.2) is 8.42 Å². The van der Waals surface area contributed by atoms with E-state index in [9.17, 15) is 8.42 Å². The van der Waals surface area contributed by atoms with Gasteiger partial charge >= 0.3 is 0 Å². The molecule has 98 valence electrons. The predicted molar refractivity (Wildman–Crippen MR) is 70.2 cm³/mol. The summed E-state index contributed by atoms with van der Waals surface area (Å²) in [6.45, 7) is 0.470. The van der Waals surface area contributed by atoms with E-state index in [0.717, 1.165) is 23.4 Å². The second-order valence-corrected chi connectivity index (χ2v) is 6.60. The fraction of sp³-hybridized carbons (Fsp3) is 0.333. The lowest BCUT2D eigenvalue weighted by Crippen LogP contribution is -2.05. The van der Waals surface area contributed by atoms with Gasteiger partial charge in [0.1, 0.15) is 9.90 Å². The number of nitrogens with one attached hydrogen (secondary N) is 1. The van der Waals surface area contributed by atoms with Crippen molar-refractivity contribution in [2.45, 2.75) is 11.4 Å². The fourth-order valence-corrected chi connectivity index (χ4v) is 3.57. The van der Waals surface area contributed by atoms with Crippen molar-refractivity contribution >= 4 is 32.2 Å². The Hall–Kier alpha value is -1.61. The number of nitrogens with zero attached hydrogens (tertiary/aromatic N) is 3. The molecule has 0 fully saturated rings. The van der Waals surface area contributed by atoms with Crippen molar-refractivity contribution < 1.29 is 8.42 Å². The summed E-state index contributed by atoms with van der Waals surface area (Å²) in [5.74, 6) is 0.0381. The molecule has 0 aromatic carbocycles. The van der Waals surface area contributed by atoms with Gasteiger partial charge in [0.15, 0.2) is 15.7 Å². The highest BCUT2D eigenvalue weighted by Gasteiger charge is 2.21.